The molecular weight excluding hydrogens is 282 g/mol. The molecule has 0 heterocycles. The molecular formula is C18H28ClNO. The fraction of sp³-hybridized carbons (Fsp3) is 0.667. The summed E-state index contributed by atoms with van der Waals surface area (Å²) in [6.07, 6.45) is 7.94. The lowest BCUT2D eigenvalue weighted by atomic mass is 9.90. The highest BCUT2D eigenvalue weighted by Crippen LogP contribution is 2.29. The minimum absolute atomic E-state index is 0.0622. The normalized spacial score (nSPS) is 17.8. The minimum Gasteiger partial charge on any atom is -0.372 e. The fourth-order valence-corrected chi connectivity index (χ4v) is 3.27. The number of nitrogens with one attached hydrogen (secondary N) is 1. The molecule has 1 atom stereocenters. The molecule has 2 nitrogen and oxygen atoms in total. The van der Waals surface area contributed by atoms with Gasteiger partial charge in [-0.05, 0) is 37.8 Å². The SMILES string of the molecule is CCCNCC(OCC1CCCCC1)c1ccccc1Cl. The summed E-state index contributed by atoms with van der Waals surface area (Å²) >= 11 is 6.35. The van der Waals surface area contributed by atoms with Gasteiger partial charge in [0, 0.05) is 17.1 Å². The number of rotatable bonds is 8. The van der Waals surface area contributed by atoms with Crippen LogP contribution in [0.5, 0.6) is 0 Å². The highest BCUT2D eigenvalue weighted by atomic mass is 35.5. The molecule has 0 radical (unpaired) electrons. The van der Waals surface area contributed by atoms with Gasteiger partial charge in [-0.3, -0.25) is 0 Å². The van der Waals surface area contributed by atoms with Gasteiger partial charge in [-0.2, -0.15) is 0 Å². The lowest BCUT2D eigenvalue weighted by molar-refractivity contribution is 0.0201. The Morgan fingerprint density at radius 3 is 2.71 bits per heavy atom. The molecule has 1 unspecified atom stereocenters. The number of hydrogen-bond donors (Lipinski definition) is 1. The van der Waals surface area contributed by atoms with E-state index in [1.807, 2.05) is 18.2 Å². The smallest absolute Gasteiger partial charge is 0.0963 e. The van der Waals surface area contributed by atoms with Crippen molar-refractivity contribution in [3.63, 3.8) is 0 Å². The standard InChI is InChI=1S/C18H28ClNO/c1-2-12-20-13-18(16-10-6-7-11-17(16)19)21-14-15-8-4-3-5-9-15/h6-7,10-11,15,18,20H,2-5,8-9,12-14H2,1H3. The second-order valence-electron chi connectivity index (χ2n) is 6.05. The summed E-state index contributed by atoms with van der Waals surface area (Å²) in [6.45, 7) is 4.90. The quantitative estimate of drug-likeness (QED) is 0.684. The zero-order valence-electron chi connectivity index (χ0n) is 13.1. The van der Waals surface area contributed by atoms with E-state index in [4.69, 9.17) is 16.3 Å². The molecule has 2 rings (SSSR count). The second kappa shape index (κ2) is 9.45. The third-order valence-corrected chi connectivity index (χ3v) is 4.61. The molecule has 1 saturated carbocycles. The van der Waals surface area contributed by atoms with Crippen molar-refractivity contribution in [2.45, 2.75) is 51.6 Å². The summed E-state index contributed by atoms with van der Waals surface area (Å²) in [5, 5.41) is 4.27. The van der Waals surface area contributed by atoms with Gasteiger partial charge in [0.2, 0.25) is 0 Å². The molecule has 3 heteroatoms. The van der Waals surface area contributed by atoms with Crippen molar-refractivity contribution in [1.29, 1.82) is 0 Å². The van der Waals surface area contributed by atoms with Crippen LogP contribution in [-0.2, 0) is 4.74 Å². The van der Waals surface area contributed by atoms with Crippen LogP contribution in [0.15, 0.2) is 24.3 Å². The third-order valence-electron chi connectivity index (χ3n) is 4.27. The van der Waals surface area contributed by atoms with Gasteiger partial charge in [-0.15, -0.1) is 0 Å². The van der Waals surface area contributed by atoms with Crippen LogP contribution < -0.4 is 5.32 Å². The monoisotopic (exact) mass is 309 g/mol. The first-order chi connectivity index (χ1) is 10.3. The predicted octanol–water partition coefficient (Wildman–Crippen LogP) is 4.98. The summed E-state index contributed by atoms with van der Waals surface area (Å²) in [4.78, 5) is 0. The Balaban J connectivity index is 1.93. The molecule has 1 aromatic carbocycles. The molecule has 0 saturated heterocycles. The van der Waals surface area contributed by atoms with Crippen molar-refractivity contribution in [3.05, 3.63) is 34.9 Å². The first kappa shape index (κ1) is 16.8. The van der Waals surface area contributed by atoms with Crippen molar-refractivity contribution in [2.75, 3.05) is 19.7 Å². The molecule has 0 aliphatic heterocycles. The predicted molar refractivity (Wildman–Crippen MR) is 89.9 cm³/mol. The molecule has 1 N–H and O–H groups in total. The molecule has 0 aromatic heterocycles. The lowest BCUT2D eigenvalue weighted by Crippen LogP contribution is -2.26. The topological polar surface area (TPSA) is 21.3 Å². The number of ether oxygens (including phenoxy) is 1. The van der Waals surface area contributed by atoms with Crippen LogP contribution >= 0.6 is 11.6 Å². The summed E-state index contributed by atoms with van der Waals surface area (Å²) in [7, 11) is 0. The number of hydrogen-bond acceptors (Lipinski definition) is 2. The van der Waals surface area contributed by atoms with E-state index in [0.717, 1.165) is 42.6 Å². The van der Waals surface area contributed by atoms with Gasteiger partial charge in [0.1, 0.15) is 0 Å². The maximum Gasteiger partial charge on any atom is 0.0963 e. The summed E-state index contributed by atoms with van der Waals surface area (Å²) in [5.41, 5.74) is 1.11. The van der Waals surface area contributed by atoms with E-state index in [2.05, 4.69) is 18.3 Å². The van der Waals surface area contributed by atoms with Gasteiger partial charge in [-0.25, -0.2) is 0 Å². The zero-order chi connectivity index (χ0) is 14.9. The molecule has 1 aliphatic rings. The molecule has 118 valence electrons. The Kier molecular flexibility index (Phi) is 7.56. The first-order valence-electron chi connectivity index (χ1n) is 8.38. The first-order valence-corrected chi connectivity index (χ1v) is 8.75. The van der Waals surface area contributed by atoms with E-state index in [9.17, 15) is 0 Å². The molecule has 21 heavy (non-hydrogen) atoms. The Labute approximate surface area is 134 Å². The van der Waals surface area contributed by atoms with Crippen LogP contribution in [0.2, 0.25) is 5.02 Å². The van der Waals surface area contributed by atoms with Gasteiger partial charge in [0.05, 0.1) is 12.7 Å². The van der Waals surface area contributed by atoms with Crippen molar-refractivity contribution in [3.8, 4) is 0 Å². The van der Waals surface area contributed by atoms with Gasteiger partial charge in [-0.1, -0.05) is 56.0 Å². The Morgan fingerprint density at radius 2 is 2.00 bits per heavy atom. The zero-order valence-corrected chi connectivity index (χ0v) is 13.9. The third kappa shape index (κ3) is 5.61. The Morgan fingerprint density at radius 1 is 1.24 bits per heavy atom. The average molecular weight is 310 g/mol. The largest absolute Gasteiger partial charge is 0.372 e. The molecule has 1 aliphatic carbocycles. The molecule has 0 spiro atoms. The Hall–Kier alpha value is -0.570. The van der Waals surface area contributed by atoms with Crippen molar-refractivity contribution in [1.82, 2.24) is 5.32 Å². The van der Waals surface area contributed by atoms with Gasteiger partial charge >= 0.3 is 0 Å². The van der Waals surface area contributed by atoms with Crippen LogP contribution in [0.1, 0.15) is 57.1 Å². The van der Waals surface area contributed by atoms with Gasteiger partial charge in [0.25, 0.3) is 0 Å². The van der Waals surface area contributed by atoms with Crippen LogP contribution in [0, 0.1) is 5.92 Å². The molecule has 1 fully saturated rings. The van der Waals surface area contributed by atoms with Crippen molar-refractivity contribution < 1.29 is 4.74 Å². The number of halogens is 1. The Bertz CT molecular complexity index is 404. The number of benzene rings is 1. The maximum atomic E-state index is 6.35. The van der Waals surface area contributed by atoms with E-state index in [1.54, 1.807) is 0 Å². The minimum atomic E-state index is 0.0622. The fourth-order valence-electron chi connectivity index (χ4n) is 3.01. The van der Waals surface area contributed by atoms with Crippen LogP contribution in [-0.4, -0.2) is 19.7 Å². The highest BCUT2D eigenvalue weighted by Gasteiger charge is 2.19. The molecule has 1 aromatic rings. The molecule has 0 bridgehead atoms. The van der Waals surface area contributed by atoms with Crippen molar-refractivity contribution >= 4 is 11.6 Å². The van der Waals surface area contributed by atoms with E-state index in [1.165, 1.54) is 32.1 Å². The van der Waals surface area contributed by atoms with E-state index >= 15 is 0 Å². The van der Waals surface area contributed by atoms with Gasteiger partial charge < -0.3 is 10.1 Å². The summed E-state index contributed by atoms with van der Waals surface area (Å²) < 4.78 is 6.25. The van der Waals surface area contributed by atoms with Crippen LogP contribution in [0.4, 0.5) is 0 Å². The van der Waals surface area contributed by atoms with E-state index < -0.39 is 0 Å². The van der Waals surface area contributed by atoms with E-state index in [-0.39, 0.29) is 6.10 Å². The molecule has 0 amide bonds. The van der Waals surface area contributed by atoms with Crippen molar-refractivity contribution in [2.24, 2.45) is 5.92 Å². The lowest BCUT2D eigenvalue weighted by Gasteiger charge is -2.26. The second-order valence-corrected chi connectivity index (χ2v) is 6.46. The van der Waals surface area contributed by atoms with Crippen LogP contribution in [0.3, 0.4) is 0 Å². The summed E-state index contributed by atoms with van der Waals surface area (Å²) in [5.74, 6) is 0.731. The van der Waals surface area contributed by atoms with Crippen LogP contribution in [0.25, 0.3) is 0 Å². The maximum absolute atomic E-state index is 6.35. The summed E-state index contributed by atoms with van der Waals surface area (Å²) in [6, 6.07) is 8.05. The highest BCUT2D eigenvalue weighted by molar-refractivity contribution is 6.31. The average Bonchev–Trinajstić information content (AvgIpc) is 2.53. The van der Waals surface area contributed by atoms with E-state index in [0.29, 0.717) is 0 Å². The van der Waals surface area contributed by atoms with Gasteiger partial charge in [0.15, 0.2) is 0 Å².